The van der Waals surface area contributed by atoms with E-state index in [1.165, 1.54) is 34.2 Å². The minimum atomic E-state index is 1.15. The van der Waals surface area contributed by atoms with Gasteiger partial charge in [-0.15, -0.1) is 0 Å². The molecule has 1 aliphatic carbocycles. The number of allylic oxidation sites excluding steroid dienone is 4. The van der Waals surface area contributed by atoms with Crippen molar-refractivity contribution in [2.75, 3.05) is 0 Å². The molecule has 0 spiro atoms. The van der Waals surface area contributed by atoms with E-state index in [4.69, 9.17) is 0 Å². The molecule has 2 aromatic carbocycles. The van der Waals surface area contributed by atoms with E-state index in [1.807, 2.05) is 0 Å². The van der Waals surface area contributed by atoms with Crippen molar-refractivity contribution >= 4 is 5.57 Å². The lowest BCUT2D eigenvalue weighted by Crippen LogP contribution is -1.92. The molecule has 19 heavy (non-hydrogen) atoms. The monoisotopic (exact) mass is 246 g/mol. The molecule has 0 amide bonds. The smallest absolute Gasteiger partial charge is 0.0149 e. The van der Waals surface area contributed by atoms with Gasteiger partial charge in [0, 0.05) is 0 Å². The minimum absolute atomic E-state index is 1.15. The average molecular weight is 246 g/mol. The molecule has 0 bridgehead atoms. The molecule has 0 saturated heterocycles. The molecule has 0 radical (unpaired) electrons. The molecular formula is C19H18. The van der Waals surface area contributed by atoms with E-state index >= 15 is 0 Å². The van der Waals surface area contributed by atoms with Crippen LogP contribution in [0.4, 0.5) is 0 Å². The predicted octanol–water partition coefficient (Wildman–Crippen LogP) is 5.40. The van der Waals surface area contributed by atoms with Crippen molar-refractivity contribution in [1.82, 2.24) is 0 Å². The van der Waals surface area contributed by atoms with E-state index in [2.05, 4.69) is 73.7 Å². The molecule has 0 N–H and O–H groups in total. The standard InChI is InChI=1S/C19H18/c1-15-18(16-9-4-2-5-10-16)13-8-14-19(15)17-11-6-3-7-12-17/h2,4-6,8-14H,3,7H2,1H3. The lowest BCUT2D eigenvalue weighted by molar-refractivity contribution is 1.04. The molecule has 0 unspecified atom stereocenters. The van der Waals surface area contributed by atoms with Gasteiger partial charge in [0.2, 0.25) is 0 Å². The van der Waals surface area contributed by atoms with Crippen molar-refractivity contribution in [2.24, 2.45) is 0 Å². The van der Waals surface area contributed by atoms with Gasteiger partial charge in [0.1, 0.15) is 0 Å². The van der Waals surface area contributed by atoms with Crippen molar-refractivity contribution in [1.29, 1.82) is 0 Å². The molecule has 94 valence electrons. The second-order valence-corrected chi connectivity index (χ2v) is 4.98. The summed E-state index contributed by atoms with van der Waals surface area (Å²) in [5.74, 6) is 0. The van der Waals surface area contributed by atoms with Crippen LogP contribution in [0.3, 0.4) is 0 Å². The first-order valence-electron chi connectivity index (χ1n) is 6.88. The quantitative estimate of drug-likeness (QED) is 0.666. The largest absolute Gasteiger partial charge is 0.0836 e. The second kappa shape index (κ2) is 5.27. The minimum Gasteiger partial charge on any atom is -0.0836 e. The molecule has 1 aliphatic rings. The van der Waals surface area contributed by atoms with Crippen LogP contribution in [0.5, 0.6) is 0 Å². The number of hydrogen-bond acceptors (Lipinski definition) is 0. The van der Waals surface area contributed by atoms with Crippen molar-refractivity contribution in [3.05, 3.63) is 77.9 Å². The molecule has 0 heteroatoms. The van der Waals surface area contributed by atoms with Gasteiger partial charge in [-0.2, -0.15) is 0 Å². The first kappa shape index (κ1) is 12.0. The Kier molecular flexibility index (Phi) is 3.33. The van der Waals surface area contributed by atoms with Crippen LogP contribution < -0.4 is 0 Å². The summed E-state index contributed by atoms with van der Waals surface area (Å²) in [6, 6.07) is 17.2. The number of rotatable bonds is 2. The maximum Gasteiger partial charge on any atom is -0.0149 e. The highest BCUT2D eigenvalue weighted by Crippen LogP contribution is 2.31. The van der Waals surface area contributed by atoms with E-state index in [0.717, 1.165) is 6.42 Å². The third kappa shape index (κ3) is 2.39. The Bertz CT molecular complexity index is 630. The summed E-state index contributed by atoms with van der Waals surface area (Å²) in [4.78, 5) is 0. The average Bonchev–Trinajstić information content (AvgIpc) is 2.49. The zero-order valence-electron chi connectivity index (χ0n) is 11.3. The topological polar surface area (TPSA) is 0 Å². The second-order valence-electron chi connectivity index (χ2n) is 4.98. The summed E-state index contributed by atoms with van der Waals surface area (Å²) in [5, 5.41) is 0. The Labute approximate surface area is 115 Å². The fourth-order valence-electron chi connectivity index (χ4n) is 2.69. The van der Waals surface area contributed by atoms with E-state index in [1.54, 1.807) is 0 Å². The van der Waals surface area contributed by atoms with Crippen LogP contribution in [0.2, 0.25) is 0 Å². The van der Waals surface area contributed by atoms with Gasteiger partial charge in [0.05, 0.1) is 0 Å². The zero-order valence-corrected chi connectivity index (χ0v) is 11.3. The SMILES string of the molecule is Cc1c(C2=CCCC=C2)cccc1-c1ccccc1. The molecule has 0 fully saturated rings. The Morgan fingerprint density at radius 1 is 0.789 bits per heavy atom. The third-order valence-electron chi connectivity index (χ3n) is 3.72. The van der Waals surface area contributed by atoms with Gasteiger partial charge in [0.15, 0.2) is 0 Å². The molecule has 0 aliphatic heterocycles. The van der Waals surface area contributed by atoms with Crippen molar-refractivity contribution in [2.45, 2.75) is 19.8 Å². The molecule has 0 atom stereocenters. The van der Waals surface area contributed by atoms with E-state index in [-0.39, 0.29) is 0 Å². The summed E-state index contributed by atoms with van der Waals surface area (Å²) in [5.41, 5.74) is 6.71. The third-order valence-corrected chi connectivity index (χ3v) is 3.72. The van der Waals surface area contributed by atoms with Gasteiger partial charge in [0.25, 0.3) is 0 Å². The van der Waals surface area contributed by atoms with Crippen LogP contribution in [0.25, 0.3) is 16.7 Å². The van der Waals surface area contributed by atoms with Crippen molar-refractivity contribution in [3.8, 4) is 11.1 Å². The Morgan fingerprint density at radius 2 is 1.58 bits per heavy atom. The highest BCUT2D eigenvalue weighted by molar-refractivity contribution is 5.81. The summed E-state index contributed by atoms with van der Waals surface area (Å²) in [6.45, 7) is 2.22. The summed E-state index contributed by atoms with van der Waals surface area (Å²) in [6.07, 6.45) is 9.18. The van der Waals surface area contributed by atoms with Gasteiger partial charge in [-0.25, -0.2) is 0 Å². The van der Waals surface area contributed by atoms with E-state index in [0.29, 0.717) is 0 Å². The van der Waals surface area contributed by atoms with Gasteiger partial charge in [-0.3, -0.25) is 0 Å². The lowest BCUT2D eigenvalue weighted by Gasteiger charge is -2.14. The van der Waals surface area contributed by atoms with E-state index < -0.39 is 0 Å². The van der Waals surface area contributed by atoms with Crippen LogP contribution in [-0.2, 0) is 0 Å². The Hall–Kier alpha value is -2.08. The maximum absolute atomic E-state index is 2.34. The van der Waals surface area contributed by atoms with Crippen LogP contribution >= 0.6 is 0 Å². The van der Waals surface area contributed by atoms with Gasteiger partial charge < -0.3 is 0 Å². The van der Waals surface area contributed by atoms with Crippen molar-refractivity contribution < 1.29 is 0 Å². The molecular weight excluding hydrogens is 228 g/mol. The van der Waals surface area contributed by atoms with Crippen LogP contribution in [-0.4, -0.2) is 0 Å². The zero-order chi connectivity index (χ0) is 13.1. The molecule has 2 aromatic rings. The first-order chi connectivity index (χ1) is 9.36. The highest BCUT2D eigenvalue weighted by Gasteiger charge is 2.09. The normalized spacial score (nSPS) is 14.3. The van der Waals surface area contributed by atoms with E-state index in [9.17, 15) is 0 Å². The highest BCUT2D eigenvalue weighted by atomic mass is 14.1. The summed E-state index contributed by atoms with van der Waals surface area (Å²) >= 11 is 0. The predicted molar refractivity (Wildman–Crippen MR) is 83.0 cm³/mol. The van der Waals surface area contributed by atoms with Crippen LogP contribution in [0, 0.1) is 6.92 Å². The molecule has 0 aromatic heterocycles. The fourth-order valence-corrected chi connectivity index (χ4v) is 2.69. The maximum atomic E-state index is 2.34. The Morgan fingerprint density at radius 3 is 2.32 bits per heavy atom. The summed E-state index contributed by atoms with van der Waals surface area (Å²) < 4.78 is 0. The first-order valence-corrected chi connectivity index (χ1v) is 6.88. The van der Waals surface area contributed by atoms with Gasteiger partial charge in [-0.05, 0) is 47.6 Å². The van der Waals surface area contributed by atoms with Gasteiger partial charge >= 0.3 is 0 Å². The summed E-state index contributed by atoms with van der Waals surface area (Å²) in [7, 11) is 0. The molecule has 3 rings (SSSR count). The lowest BCUT2D eigenvalue weighted by atomic mass is 9.91. The molecule has 0 heterocycles. The molecule has 0 saturated carbocycles. The van der Waals surface area contributed by atoms with Crippen molar-refractivity contribution in [3.63, 3.8) is 0 Å². The number of benzene rings is 2. The Balaban J connectivity index is 2.09. The number of hydrogen-bond donors (Lipinski definition) is 0. The van der Waals surface area contributed by atoms with Crippen LogP contribution in [0.15, 0.2) is 66.8 Å². The van der Waals surface area contributed by atoms with Crippen LogP contribution in [0.1, 0.15) is 24.0 Å². The molecule has 0 nitrogen and oxygen atoms in total. The fraction of sp³-hybridized carbons (Fsp3) is 0.158. The van der Waals surface area contributed by atoms with Gasteiger partial charge in [-0.1, -0.05) is 66.8 Å².